The minimum Gasteiger partial charge on any atom is -0.353 e. The first-order valence-electron chi connectivity index (χ1n) is 10.6. The lowest BCUT2D eigenvalue weighted by atomic mass is 9.76. The minimum atomic E-state index is 0.182. The first-order valence-corrected chi connectivity index (χ1v) is 11.6. The molecular formula is C23H27IN4O. The molecule has 2 N–H and O–H groups in total. The normalized spacial score (nSPS) is 18.9. The molecule has 152 valence electrons. The van der Waals surface area contributed by atoms with Gasteiger partial charge in [0, 0.05) is 28.1 Å². The van der Waals surface area contributed by atoms with E-state index in [2.05, 4.69) is 70.1 Å². The van der Waals surface area contributed by atoms with E-state index in [9.17, 15) is 4.79 Å². The zero-order valence-corrected chi connectivity index (χ0v) is 19.2. The highest BCUT2D eigenvalue weighted by molar-refractivity contribution is 14.1. The van der Waals surface area contributed by atoms with E-state index in [4.69, 9.17) is 0 Å². The summed E-state index contributed by atoms with van der Waals surface area (Å²) >= 11 is 2.16. The summed E-state index contributed by atoms with van der Waals surface area (Å²) in [6.45, 7) is 4.65. The number of aromatic amines is 2. The van der Waals surface area contributed by atoms with Crippen LogP contribution in [0.15, 0.2) is 24.3 Å². The molecule has 2 aliphatic carbocycles. The lowest BCUT2D eigenvalue weighted by Gasteiger charge is -2.28. The lowest BCUT2D eigenvalue weighted by molar-refractivity contribution is -0.120. The molecule has 3 aromatic rings. The summed E-state index contributed by atoms with van der Waals surface area (Å²) in [6.07, 6.45) is 7.68. The number of H-pyrrole nitrogens is 2. The highest BCUT2D eigenvalue weighted by Gasteiger charge is 2.30. The van der Waals surface area contributed by atoms with Gasteiger partial charge in [-0.1, -0.05) is 32.8 Å². The van der Waals surface area contributed by atoms with Crippen LogP contribution in [0.25, 0.3) is 22.3 Å². The highest BCUT2D eigenvalue weighted by Crippen LogP contribution is 2.38. The fourth-order valence-electron chi connectivity index (χ4n) is 4.89. The maximum absolute atomic E-state index is 12.8. The third-order valence-corrected chi connectivity index (χ3v) is 7.68. The van der Waals surface area contributed by atoms with Gasteiger partial charge in [-0.2, -0.15) is 5.10 Å². The molecule has 0 atom stereocenters. The molecule has 2 aliphatic rings. The Hall–Kier alpha value is -1.83. The molecule has 0 radical (unpaired) electrons. The van der Waals surface area contributed by atoms with Gasteiger partial charge >= 0.3 is 0 Å². The maximum Gasteiger partial charge on any atom is 0.238 e. The summed E-state index contributed by atoms with van der Waals surface area (Å²) in [5.41, 5.74) is 7.04. The van der Waals surface area contributed by atoms with E-state index in [1.807, 2.05) is 6.07 Å². The number of hydrogen-bond donors (Lipinski definition) is 2. The zero-order valence-electron chi connectivity index (χ0n) is 17.0. The zero-order chi connectivity index (χ0) is 20.2. The number of halogens is 1. The molecule has 2 aromatic heterocycles. The van der Waals surface area contributed by atoms with Gasteiger partial charge in [0.05, 0.1) is 34.2 Å². The van der Waals surface area contributed by atoms with Crippen molar-refractivity contribution >= 4 is 45.4 Å². The Morgan fingerprint density at radius 1 is 1.24 bits per heavy atom. The van der Waals surface area contributed by atoms with Gasteiger partial charge in [0.1, 0.15) is 5.69 Å². The Kier molecular flexibility index (Phi) is 4.72. The van der Waals surface area contributed by atoms with Crippen molar-refractivity contribution in [1.29, 1.82) is 0 Å². The standard InChI is InChI=1S/C23H27IN4O/c1-23(2)10-9-17-20(13-23)26-27-21(17)19-11-15-7-8-16(12-18(15)25-19)28(24)22(29)14-5-3-4-6-14/h7-8,11-12,14,25H,3-6,9-10,13H2,1-2H3,(H,26,27). The summed E-state index contributed by atoms with van der Waals surface area (Å²) in [5.74, 6) is 0.417. The van der Waals surface area contributed by atoms with Crippen molar-refractivity contribution in [2.45, 2.75) is 58.8 Å². The van der Waals surface area contributed by atoms with Crippen LogP contribution >= 0.6 is 22.9 Å². The molecule has 0 aliphatic heterocycles. The first kappa shape index (κ1) is 19.2. The third kappa shape index (κ3) is 3.49. The average molecular weight is 502 g/mol. The SMILES string of the molecule is CC1(C)CCc2c(-c3cc4ccc(N(I)C(=O)C5CCCC5)cc4[nH]3)n[nH]c2C1. The summed E-state index contributed by atoms with van der Waals surface area (Å²) < 4.78 is 1.80. The number of benzene rings is 1. The molecule has 6 heteroatoms. The fraction of sp³-hybridized carbons (Fsp3) is 0.478. The van der Waals surface area contributed by atoms with Crippen LogP contribution in [0.5, 0.6) is 0 Å². The number of aromatic nitrogens is 3. The maximum atomic E-state index is 12.8. The molecule has 0 spiro atoms. The Balaban J connectivity index is 1.45. The third-order valence-electron chi connectivity index (χ3n) is 6.65. The van der Waals surface area contributed by atoms with Crippen LogP contribution < -0.4 is 3.11 Å². The van der Waals surface area contributed by atoms with Crippen LogP contribution in [-0.2, 0) is 17.6 Å². The predicted molar refractivity (Wildman–Crippen MR) is 125 cm³/mol. The predicted octanol–water partition coefficient (Wildman–Crippen LogP) is 5.95. The van der Waals surface area contributed by atoms with Gasteiger partial charge in [-0.05, 0) is 55.7 Å². The largest absolute Gasteiger partial charge is 0.353 e. The molecule has 0 unspecified atom stereocenters. The van der Waals surface area contributed by atoms with E-state index < -0.39 is 0 Å². The van der Waals surface area contributed by atoms with Gasteiger partial charge in [0.2, 0.25) is 5.91 Å². The topological polar surface area (TPSA) is 64.8 Å². The van der Waals surface area contributed by atoms with Crippen LogP contribution in [0, 0.1) is 11.3 Å². The second-order valence-corrected chi connectivity index (χ2v) is 10.4. The van der Waals surface area contributed by atoms with E-state index in [-0.39, 0.29) is 11.8 Å². The van der Waals surface area contributed by atoms with E-state index in [1.54, 1.807) is 3.11 Å². The number of hydrogen-bond acceptors (Lipinski definition) is 2. The summed E-state index contributed by atoms with van der Waals surface area (Å²) in [6, 6.07) is 8.40. The Morgan fingerprint density at radius 2 is 2.03 bits per heavy atom. The van der Waals surface area contributed by atoms with Crippen molar-refractivity contribution < 1.29 is 4.79 Å². The van der Waals surface area contributed by atoms with E-state index in [0.717, 1.165) is 53.7 Å². The van der Waals surface area contributed by atoms with Gasteiger partial charge in [0.15, 0.2) is 0 Å². The van der Waals surface area contributed by atoms with Gasteiger partial charge in [-0.15, -0.1) is 0 Å². The van der Waals surface area contributed by atoms with Crippen LogP contribution in [0.4, 0.5) is 5.69 Å². The molecular weight excluding hydrogens is 475 g/mol. The van der Waals surface area contributed by atoms with Gasteiger partial charge in [0.25, 0.3) is 0 Å². The molecule has 0 bridgehead atoms. The molecule has 5 nitrogen and oxygen atoms in total. The number of anilines is 1. The van der Waals surface area contributed by atoms with Crippen molar-refractivity contribution in [2.75, 3.05) is 3.11 Å². The number of nitrogens with zero attached hydrogens (tertiary/aromatic N) is 2. The van der Waals surface area contributed by atoms with Crippen LogP contribution in [0.3, 0.4) is 0 Å². The number of amides is 1. The van der Waals surface area contributed by atoms with Gasteiger partial charge < -0.3 is 4.98 Å². The molecule has 1 saturated carbocycles. The van der Waals surface area contributed by atoms with Crippen molar-refractivity contribution in [1.82, 2.24) is 15.2 Å². The minimum absolute atomic E-state index is 0.182. The van der Waals surface area contributed by atoms with Gasteiger partial charge in [-0.25, -0.2) is 0 Å². The molecule has 29 heavy (non-hydrogen) atoms. The van der Waals surface area contributed by atoms with E-state index >= 15 is 0 Å². The van der Waals surface area contributed by atoms with Crippen molar-refractivity contribution in [3.05, 3.63) is 35.5 Å². The Labute approximate surface area is 185 Å². The van der Waals surface area contributed by atoms with Crippen LogP contribution in [0.2, 0.25) is 0 Å². The summed E-state index contributed by atoms with van der Waals surface area (Å²) in [7, 11) is 0. The molecule has 1 fully saturated rings. The van der Waals surface area contributed by atoms with Crippen molar-refractivity contribution in [3.8, 4) is 11.4 Å². The Morgan fingerprint density at radius 3 is 2.83 bits per heavy atom. The first-order chi connectivity index (χ1) is 13.9. The number of nitrogens with one attached hydrogen (secondary N) is 2. The quantitative estimate of drug-likeness (QED) is 0.344. The number of carbonyl (C=O) groups is 1. The number of carbonyl (C=O) groups excluding carboxylic acids is 1. The Bertz CT molecular complexity index is 1070. The van der Waals surface area contributed by atoms with Crippen LogP contribution in [0.1, 0.15) is 57.2 Å². The summed E-state index contributed by atoms with van der Waals surface area (Å²) in [4.78, 5) is 16.3. The number of rotatable bonds is 3. The highest BCUT2D eigenvalue weighted by atomic mass is 127. The lowest BCUT2D eigenvalue weighted by Crippen LogP contribution is -2.26. The average Bonchev–Trinajstić information content (AvgIpc) is 3.43. The monoisotopic (exact) mass is 502 g/mol. The smallest absolute Gasteiger partial charge is 0.238 e. The summed E-state index contributed by atoms with van der Waals surface area (Å²) in [5, 5.41) is 9.07. The molecule has 1 aromatic carbocycles. The van der Waals surface area contributed by atoms with E-state index in [1.165, 1.54) is 30.5 Å². The second kappa shape index (κ2) is 7.15. The van der Waals surface area contributed by atoms with E-state index in [0.29, 0.717) is 5.41 Å². The van der Waals surface area contributed by atoms with Crippen LogP contribution in [-0.4, -0.2) is 21.1 Å². The van der Waals surface area contributed by atoms with Gasteiger partial charge in [-0.3, -0.25) is 13.0 Å². The number of fused-ring (bicyclic) bond motifs is 2. The molecule has 5 rings (SSSR count). The second-order valence-electron chi connectivity index (χ2n) is 9.43. The molecule has 1 amide bonds. The molecule has 2 heterocycles. The fourth-order valence-corrected chi connectivity index (χ4v) is 5.59. The van der Waals surface area contributed by atoms with Crippen molar-refractivity contribution in [2.24, 2.45) is 11.3 Å². The molecule has 0 saturated heterocycles. The van der Waals surface area contributed by atoms with Crippen molar-refractivity contribution in [3.63, 3.8) is 0 Å².